The van der Waals surface area contributed by atoms with Crippen molar-refractivity contribution >= 4 is 0 Å². The molecule has 15 heavy (non-hydrogen) atoms. The van der Waals surface area contributed by atoms with Crippen LogP contribution < -0.4 is 5.32 Å². The van der Waals surface area contributed by atoms with Crippen molar-refractivity contribution < 1.29 is 5.11 Å². The summed E-state index contributed by atoms with van der Waals surface area (Å²) in [7, 11) is 0. The normalized spacial score (nSPS) is 25.7. The van der Waals surface area contributed by atoms with Crippen molar-refractivity contribution in [3.05, 3.63) is 29.6 Å². The van der Waals surface area contributed by atoms with Gasteiger partial charge in [0, 0.05) is 18.3 Å². The third kappa shape index (κ3) is 2.76. The number of hydrogen-bond donors (Lipinski definition) is 2. The molecule has 0 unspecified atom stereocenters. The van der Waals surface area contributed by atoms with E-state index in [4.69, 9.17) is 0 Å². The van der Waals surface area contributed by atoms with Crippen molar-refractivity contribution in [3.63, 3.8) is 0 Å². The van der Waals surface area contributed by atoms with Crippen molar-refractivity contribution in [2.45, 2.75) is 44.9 Å². The Morgan fingerprint density at radius 1 is 1.47 bits per heavy atom. The molecule has 0 spiro atoms. The number of pyridine rings is 1. The third-order valence-corrected chi connectivity index (χ3v) is 2.97. The average molecular weight is 206 g/mol. The second-order valence-electron chi connectivity index (χ2n) is 4.26. The highest BCUT2D eigenvalue weighted by molar-refractivity contribution is 5.09. The minimum Gasteiger partial charge on any atom is -0.392 e. The van der Waals surface area contributed by atoms with Gasteiger partial charge in [0.15, 0.2) is 0 Å². The topological polar surface area (TPSA) is 45.1 Å². The van der Waals surface area contributed by atoms with Crippen LogP contribution in [0.4, 0.5) is 0 Å². The second-order valence-corrected chi connectivity index (χ2v) is 4.26. The number of aliphatic hydroxyl groups excluding tert-OH is 1. The van der Waals surface area contributed by atoms with Crippen LogP contribution in [0.15, 0.2) is 18.2 Å². The largest absolute Gasteiger partial charge is 0.392 e. The summed E-state index contributed by atoms with van der Waals surface area (Å²) in [6.07, 6.45) is 2.96. The van der Waals surface area contributed by atoms with Crippen molar-refractivity contribution in [1.82, 2.24) is 10.3 Å². The van der Waals surface area contributed by atoms with Crippen LogP contribution in [0.2, 0.25) is 0 Å². The fourth-order valence-electron chi connectivity index (χ4n) is 2.11. The van der Waals surface area contributed by atoms with Gasteiger partial charge in [-0.05, 0) is 38.3 Å². The molecule has 2 atom stereocenters. The second kappa shape index (κ2) is 4.73. The molecule has 0 aliphatic heterocycles. The lowest BCUT2D eigenvalue weighted by atomic mass is 10.2. The minimum absolute atomic E-state index is 0.171. The van der Waals surface area contributed by atoms with E-state index < -0.39 is 0 Å². The van der Waals surface area contributed by atoms with Gasteiger partial charge in [0.25, 0.3) is 0 Å². The monoisotopic (exact) mass is 206 g/mol. The summed E-state index contributed by atoms with van der Waals surface area (Å²) in [5.74, 6) is 0. The minimum atomic E-state index is -0.171. The molecule has 3 nitrogen and oxygen atoms in total. The van der Waals surface area contributed by atoms with Gasteiger partial charge in [0.05, 0.1) is 11.8 Å². The lowest BCUT2D eigenvalue weighted by molar-refractivity contribution is 0.148. The van der Waals surface area contributed by atoms with Gasteiger partial charge in [-0.15, -0.1) is 0 Å². The first-order chi connectivity index (χ1) is 7.25. The highest BCUT2D eigenvalue weighted by atomic mass is 16.3. The van der Waals surface area contributed by atoms with E-state index in [1.165, 1.54) is 0 Å². The Balaban J connectivity index is 1.87. The standard InChI is InChI=1S/C12H18N2O/c1-9-4-2-5-10(14-9)8-13-11-6-3-7-12(11)15/h2,4-5,11-13,15H,3,6-8H2,1H3/t11-,12-/m0/s1. The van der Waals surface area contributed by atoms with Crippen LogP contribution in [0.25, 0.3) is 0 Å². The Morgan fingerprint density at radius 3 is 3.00 bits per heavy atom. The smallest absolute Gasteiger partial charge is 0.0693 e. The molecular weight excluding hydrogens is 188 g/mol. The number of nitrogens with one attached hydrogen (secondary N) is 1. The number of aryl methyl sites for hydroxylation is 1. The van der Waals surface area contributed by atoms with Crippen molar-refractivity contribution in [1.29, 1.82) is 0 Å². The summed E-state index contributed by atoms with van der Waals surface area (Å²) < 4.78 is 0. The van der Waals surface area contributed by atoms with Crippen LogP contribution in [0, 0.1) is 6.92 Å². The number of hydrogen-bond acceptors (Lipinski definition) is 3. The number of rotatable bonds is 3. The van der Waals surface area contributed by atoms with E-state index in [1.54, 1.807) is 0 Å². The van der Waals surface area contributed by atoms with Gasteiger partial charge in [-0.1, -0.05) is 6.07 Å². The maximum atomic E-state index is 9.64. The first-order valence-corrected chi connectivity index (χ1v) is 5.60. The van der Waals surface area contributed by atoms with E-state index in [-0.39, 0.29) is 12.1 Å². The maximum absolute atomic E-state index is 9.64. The zero-order valence-electron chi connectivity index (χ0n) is 9.11. The zero-order chi connectivity index (χ0) is 10.7. The molecule has 1 fully saturated rings. The van der Waals surface area contributed by atoms with Crippen LogP contribution in [0.5, 0.6) is 0 Å². The van der Waals surface area contributed by atoms with Crippen LogP contribution in [-0.2, 0) is 6.54 Å². The molecule has 0 bridgehead atoms. The molecule has 1 aromatic rings. The fourth-order valence-corrected chi connectivity index (χ4v) is 2.11. The van der Waals surface area contributed by atoms with Gasteiger partial charge in [-0.3, -0.25) is 4.98 Å². The molecule has 0 amide bonds. The molecule has 0 aromatic carbocycles. The summed E-state index contributed by atoms with van der Waals surface area (Å²) in [6.45, 7) is 2.75. The first kappa shape index (κ1) is 10.6. The van der Waals surface area contributed by atoms with Gasteiger partial charge in [0.2, 0.25) is 0 Å². The first-order valence-electron chi connectivity index (χ1n) is 5.60. The SMILES string of the molecule is Cc1cccc(CN[C@H]2CCC[C@@H]2O)n1. The van der Waals surface area contributed by atoms with Gasteiger partial charge in [-0.25, -0.2) is 0 Å². The number of aliphatic hydroxyl groups is 1. The van der Waals surface area contributed by atoms with E-state index in [9.17, 15) is 5.11 Å². The van der Waals surface area contributed by atoms with Crippen LogP contribution in [-0.4, -0.2) is 22.2 Å². The average Bonchev–Trinajstić information content (AvgIpc) is 2.61. The molecule has 0 saturated heterocycles. The highest BCUT2D eigenvalue weighted by Gasteiger charge is 2.24. The Morgan fingerprint density at radius 2 is 2.33 bits per heavy atom. The zero-order valence-corrected chi connectivity index (χ0v) is 9.11. The lowest BCUT2D eigenvalue weighted by Gasteiger charge is -2.15. The van der Waals surface area contributed by atoms with Crippen LogP contribution in [0.3, 0.4) is 0 Å². The van der Waals surface area contributed by atoms with Crippen LogP contribution in [0.1, 0.15) is 30.7 Å². The summed E-state index contributed by atoms with van der Waals surface area (Å²) in [5.41, 5.74) is 2.09. The number of nitrogens with zero attached hydrogens (tertiary/aromatic N) is 1. The Kier molecular flexibility index (Phi) is 3.34. The van der Waals surface area contributed by atoms with E-state index in [2.05, 4.69) is 10.3 Å². The number of aromatic nitrogens is 1. The summed E-state index contributed by atoms with van der Waals surface area (Å²) in [6, 6.07) is 6.28. The Bertz CT molecular complexity index is 327. The predicted molar refractivity (Wildman–Crippen MR) is 59.5 cm³/mol. The van der Waals surface area contributed by atoms with Crippen LogP contribution >= 0.6 is 0 Å². The highest BCUT2D eigenvalue weighted by Crippen LogP contribution is 2.18. The molecule has 1 aliphatic carbocycles. The summed E-state index contributed by atoms with van der Waals surface area (Å²) >= 11 is 0. The summed E-state index contributed by atoms with van der Waals surface area (Å²) in [4.78, 5) is 4.42. The van der Waals surface area contributed by atoms with E-state index in [0.717, 1.165) is 37.2 Å². The molecule has 2 N–H and O–H groups in total. The fraction of sp³-hybridized carbons (Fsp3) is 0.583. The Hall–Kier alpha value is -0.930. The maximum Gasteiger partial charge on any atom is 0.0693 e. The van der Waals surface area contributed by atoms with E-state index in [0.29, 0.717) is 0 Å². The van der Waals surface area contributed by atoms with Crippen molar-refractivity contribution in [2.75, 3.05) is 0 Å². The molecule has 1 aliphatic rings. The molecule has 3 heteroatoms. The molecule has 0 radical (unpaired) electrons. The molecule has 1 heterocycles. The van der Waals surface area contributed by atoms with E-state index >= 15 is 0 Å². The molecular formula is C12H18N2O. The van der Waals surface area contributed by atoms with Crippen molar-refractivity contribution in [3.8, 4) is 0 Å². The molecule has 1 saturated carbocycles. The predicted octanol–water partition coefficient (Wildman–Crippen LogP) is 1.39. The molecule has 82 valence electrons. The van der Waals surface area contributed by atoms with Gasteiger partial charge < -0.3 is 10.4 Å². The summed E-state index contributed by atoms with van der Waals surface area (Å²) in [5, 5.41) is 13.0. The quantitative estimate of drug-likeness (QED) is 0.785. The molecule has 1 aromatic heterocycles. The van der Waals surface area contributed by atoms with Gasteiger partial charge >= 0.3 is 0 Å². The lowest BCUT2D eigenvalue weighted by Crippen LogP contribution is -2.35. The van der Waals surface area contributed by atoms with Gasteiger partial charge in [0.1, 0.15) is 0 Å². The third-order valence-electron chi connectivity index (χ3n) is 2.97. The van der Waals surface area contributed by atoms with E-state index in [1.807, 2.05) is 25.1 Å². The van der Waals surface area contributed by atoms with Gasteiger partial charge in [-0.2, -0.15) is 0 Å². The Labute approximate surface area is 90.5 Å². The van der Waals surface area contributed by atoms with Crippen molar-refractivity contribution in [2.24, 2.45) is 0 Å². The molecule has 2 rings (SSSR count).